The molecule has 2 rings (SSSR count). The molecule has 2 nitrogen and oxygen atoms in total. The first-order chi connectivity index (χ1) is 9.69. The third-order valence-electron chi connectivity index (χ3n) is 2.78. The Morgan fingerprint density at radius 2 is 1.85 bits per heavy atom. The van der Waals surface area contributed by atoms with Crippen LogP contribution in [0.3, 0.4) is 0 Å². The van der Waals surface area contributed by atoms with Crippen molar-refractivity contribution in [2.24, 2.45) is 10.7 Å². The van der Waals surface area contributed by atoms with Gasteiger partial charge < -0.3 is 5.73 Å². The quantitative estimate of drug-likeness (QED) is 0.382. The van der Waals surface area contributed by atoms with Gasteiger partial charge in [-0.15, -0.1) is 23.4 Å². The van der Waals surface area contributed by atoms with Crippen LogP contribution in [0.25, 0.3) is 0 Å². The van der Waals surface area contributed by atoms with Crippen LogP contribution in [-0.2, 0) is 5.75 Å². The highest BCUT2D eigenvalue weighted by Gasteiger charge is 2.03. The molecule has 0 aliphatic rings. The van der Waals surface area contributed by atoms with E-state index in [1.54, 1.807) is 11.8 Å². The van der Waals surface area contributed by atoms with E-state index < -0.39 is 0 Å². The lowest BCUT2D eigenvalue weighted by Crippen LogP contribution is -2.12. The Labute approximate surface area is 129 Å². The van der Waals surface area contributed by atoms with E-state index in [9.17, 15) is 0 Å². The van der Waals surface area contributed by atoms with Crippen molar-refractivity contribution in [1.82, 2.24) is 0 Å². The molecule has 0 saturated heterocycles. The number of thioether (sulfide) groups is 1. The van der Waals surface area contributed by atoms with Gasteiger partial charge in [-0.05, 0) is 24.6 Å². The average molecular weight is 305 g/mol. The van der Waals surface area contributed by atoms with Crippen LogP contribution in [-0.4, -0.2) is 11.7 Å². The number of nitrogens with zero attached hydrogens (tertiary/aromatic N) is 1. The summed E-state index contributed by atoms with van der Waals surface area (Å²) in [5.74, 6) is 1.60. The van der Waals surface area contributed by atoms with Crippen LogP contribution in [0.2, 0.25) is 0 Å². The van der Waals surface area contributed by atoms with Gasteiger partial charge in [0.05, 0.1) is 11.6 Å². The molecule has 104 valence electrons. The number of benzene rings is 2. The third kappa shape index (κ3) is 4.29. The Morgan fingerprint density at radius 1 is 1.15 bits per heavy atom. The van der Waals surface area contributed by atoms with Gasteiger partial charge in [0.2, 0.25) is 0 Å². The first-order valence-electron chi connectivity index (χ1n) is 6.35. The van der Waals surface area contributed by atoms with Crippen LogP contribution in [0.4, 0.5) is 5.69 Å². The van der Waals surface area contributed by atoms with Crippen LogP contribution >= 0.6 is 23.4 Å². The van der Waals surface area contributed by atoms with E-state index in [-0.39, 0.29) is 5.88 Å². The van der Waals surface area contributed by atoms with Crippen LogP contribution in [0.1, 0.15) is 11.1 Å². The summed E-state index contributed by atoms with van der Waals surface area (Å²) < 4.78 is 0. The first kappa shape index (κ1) is 14.9. The molecule has 0 saturated carbocycles. The van der Waals surface area contributed by atoms with Gasteiger partial charge in [0, 0.05) is 10.6 Å². The van der Waals surface area contributed by atoms with E-state index in [4.69, 9.17) is 17.3 Å². The number of alkyl halides is 1. The molecule has 0 heterocycles. The van der Waals surface area contributed by atoms with Crippen molar-refractivity contribution >= 4 is 34.9 Å². The van der Waals surface area contributed by atoms with Gasteiger partial charge in [-0.1, -0.05) is 42.0 Å². The van der Waals surface area contributed by atoms with Crippen molar-refractivity contribution in [1.29, 1.82) is 0 Å². The Balaban J connectivity index is 2.11. The molecule has 2 N–H and O–H groups in total. The molecule has 2 aromatic carbocycles. The molecule has 0 amide bonds. The molecule has 0 radical (unpaired) electrons. The second-order valence-electron chi connectivity index (χ2n) is 4.48. The van der Waals surface area contributed by atoms with Crippen molar-refractivity contribution in [3.05, 3.63) is 59.7 Å². The maximum absolute atomic E-state index is 5.71. The Morgan fingerprint density at radius 3 is 2.55 bits per heavy atom. The molecular weight excluding hydrogens is 288 g/mol. The lowest BCUT2D eigenvalue weighted by molar-refractivity contribution is 1.32. The number of aliphatic imine (C=N–C) groups is 1. The largest absolute Gasteiger partial charge is 0.386 e. The fraction of sp³-hybridized carbons (Fsp3) is 0.188. The van der Waals surface area contributed by atoms with E-state index in [0.717, 1.165) is 16.3 Å². The van der Waals surface area contributed by atoms with Crippen molar-refractivity contribution < 1.29 is 0 Å². The number of nitrogens with two attached hydrogens (primary N) is 1. The minimum atomic E-state index is 0.247. The van der Waals surface area contributed by atoms with Gasteiger partial charge in [0.15, 0.2) is 0 Å². The second kappa shape index (κ2) is 7.36. The van der Waals surface area contributed by atoms with Crippen molar-refractivity contribution in [2.75, 3.05) is 5.88 Å². The third-order valence-corrected chi connectivity index (χ3v) is 4.19. The molecule has 4 heteroatoms. The van der Waals surface area contributed by atoms with Crippen molar-refractivity contribution in [2.45, 2.75) is 17.6 Å². The monoisotopic (exact) mass is 304 g/mol. The van der Waals surface area contributed by atoms with E-state index in [1.165, 1.54) is 11.1 Å². The summed E-state index contributed by atoms with van der Waals surface area (Å²) >= 11 is 7.43. The lowest BCUT2D eigenvalue weighted by Gasteiger charge is -2.06. The maximum atomic E-state index is 5.71. The Bertz CT molecular complexity index is 594. The van der Waals surface area contributed by atoms with Crippen molar-refractivity contribution in [3.8, 4) is 0 Å². The number of amidine groups is 1. The summed E-state index contributed by atoms with van der Waals surface area (Å²) in [6.45, 7) is 2.09. The molecular formula is C16H17ClN2S. The molecule has 2 aromatic rings. The van der Waals surface area contributed by atoms with Crippen LogP contribution in [0.5, 0.6) is 0 Å². The molecule has 0 spiro atoms. The number of hydrogen-bond donors (Lipinski definition) is 1. The Hall–Kier alpha value is -1.45. The molecule has 0 bridgehead atoms. The Kier molecular flexibility index (Phi) is 5.50. The van der Waals surface area contributed by atoms with Gasteiger partial charge in [0.25, 0.3) is 0 Å². The van der Waals surface area contributed by atoms with E-state index in [2.05, 4.69) is 42.2 Å². The average Bonchev–Trinajstić information content (AvgIpc) is 2.48. The highest BCUT2D eigenvalue weighted by molar-refractivity contribution is 7.98. The molecule has 0 unspecified atom stereocenters. The topological polar surface area (TPSA) is 38.4 Å². The zero-order valence-electron chi connectivity index (χ0n) is 11.3. The number of para-hydroxylation sites is 1. The van der Waals surface area contributed by atoms with Crippen LogP contribution < -0.4 is 5.73 Å². The summed E-state index contributed by atoms with van der Waals surface area (Å²) in [6.07, 6.45) is 0. The van der Waals surface area contributed by atoms with E-state index in [0.29, 0.717) is 5.84 Å². The minimum absolute atomic E-state index is 0.247. The fourth-order valence-corrected chi connectivity index (χ4v) is 2.71. The molecule has 0 aliphatic heterocycles. The summed E-state index contributed by atoms with van der Waals surface area (Å²) in [4.78, 5) is 5.46. The number of hydrogen-bond acceptors (Lipinski definition) is 2. The standard InChI is InChI=1S/C16H17ClN2S/c1-12-6-8-13(9-7-12)11-20-15-5-3-2-4-14(15)19-16(18)10-17/h2-9H,10-11H2,1H3,(H2,18,19). The number of halogens is 1. The highest BCUT2D eigenvalue weighted by Crippen LogP contribution is 2.31. The summed E-state index contributed by atoms with van der Waals surface area (Å²) in [5, 5.41) is 0. The van der Waals surface area contributed by atoms with E-state index >= 15 is 0 Å². The maximum Gasteiger partial charge on any atom is 0.115 e. The predicted octanol–water partition coefficient (Wildman–Crippen LogP) is 4.51. The minimum Gasteiger partial charge on any atom is -0.386 e. The highest BCUT2D eigenvalue weighted by atomic mass is 35.5. The number of rotatable bonds is 5. The SMILES string of the molecule is Cc1ccc(CSc2ccccc2N=C(N)CCl)cc1. The molecule has 20 heavy (non-hydrogen) atoms. The van der Waals surface area contributed by atoms with Gasteiger partial charge >= 0.3 is 0 Å². The number of aryl methyl sites for hydroxylation is 1. The summed E-state index contributed by atoms with van der Waals surface area (Å²) in [6, 6.07) is 16.5. The van der Waals surface area contributed by atoms with Crippen LogP contribution in [0, 0.1) is 6.92 Å². The zero-order valence-corrected chi connectivity index (χ0v) is 12.9. The van der Waals surface area contributed by atoms with Gasteiger partial charge in [-0.2, -0.15) is 0 Å². The molecule has 0 aromatic heterocycles. The summed E-state index contributed by atoms with van der Waals surface area (Å²) in [5.41, 5.74) is 9.16. The van der Waals surface area contributed by atoms with E-state index in [1.807, 2.05) is 18.2 Å². The second-order valence-corrected chi connectivity index (χ2v) is 5.76. The zero-order chi connectivity index (χ0) is 14.4. The molecule has 0 atom stereocenters. The normalized spacial score (nSPS) is 11.6. The van der Waals surface area contributed by atoms with Crippen molar-refractivity contribution in [3.63, 3.8) is 0 Å². The lowest BCUT2D eigenvalue weighted by atomic mass is 10.2. The van der Waals surface area contributed by atoms with Gasteiger partial charge in [-0.25, -0.2) is 4.99 Å². The van der Waals surface area contributed by atoms with Gasteiger partial charge in [0.1, 0.15) is 5.84 Å². The first-order valence-corrected chi connectivity index (χ1v) is 7.87. The molecule has 0 aliphatic carbocycles. The van der Waals surface area contributed by atoms with Crippen LogP contribution in [0.15, 0.2) is 58.4 Å². The smallest absolute Gasteiger partial charge is 0.115 e. The fourth-order valence-electron chi connectivity index (χ4n) is 1.70. The van der Waals surface area contributed by atoms with Gasteiger partial charge in [-0.3, -0.25) is 0 Å². The predicted molar refractivity (Wildman–Crippen MR) is 89.2 cm³/mol. The molecule has 0 fully saturated rings. The summed E-state index contributed by atoms with van der Waals surface area (Å²) in [7, 11) is 0.